The second-order valence-corrected chi connectivity index (χ2v) is 13.3. The Morgan fingerprint density at radius 3 is 2.35 bits per heavy atom. The summed E-state index contributed by atoms with van der Waals surface area (Å²) in [5.74, 6) is -2.91. The van der Waals surface area contributed by atoms with Crippen molar-refractivity contribution in [2.75, 3.05) is 0 Å². The zero-order valence-electron chi connectivity index (χ0n) is 24.5. The topological polar surface area (TPSA) is 147 Å². The Morgan fingerprint density at radius 1 is 1.18 bits per heavy atom. The molecule has 1 unspecified atom stereocenters. The highest BCUT2D eigenvalue weighted by Crippen LogP contribution is 2.65. The first-order chi connectivity index (χ1) is 18.4. The molecule has 0 amide bonds. The van der Waals surface area contributed by atoms with Crippen molar-refractivity contribution in [1.82, 2.24) is 0 Å². The van der Waals surface area contributed by atoms with Gasteiger partial charge in [0.15, 0.2) is 5.78 Å². The van der Waals surface area contributed by atoms with E-state index in [0.717, 1.165) is 6.42 Å². The minimum Gasteiger partial charge on any atom is -0.478 e. The van der Waals surface area contributed by atoms with Crippen molar-refractivity contribution >= 4 is 23.7 Å². The van der Waals surface area contributed by atoms with Gasteiger partial charge in [0.05, 0.1) is 23.2 Å². The van der Waals surface area contributed by atoms with Crippen molar-refractivity contribution in [3.8, 4) is 0 Å². The van der Waals surface area contributed by atoms with Gasteiger partial charge in [-0.15, -0.1) is 0 Å². The summed E-state index contributed by atoms with van der Waals surface area (Å²) >= 11 is 0. The molecule has 0 aromatic carbocycles. The number of aliphatic carboxylic acids is 2. The molecule has 0 aromatic rings. The number of carbonyl (C=O) groups excluding carboxylic acids is 2. The van der Waals surface area contributed by atoms with Crippen molar-refractivity contribution in [3.05, 3.63) is 34.4 Å². The number of hydrogen-bond acceptors (Lipinski definition) is 7. The summed E-state index contributed by atoms with van der Waals surface area (Å²) < 4.78 is 12.2. The van der Waals surface area contributed by atoms with Crippen molar-refractivity contribution < 1.29 is 44.0 Å². The summed E-state index contributed by atoms with van der Waals surface area (Å²) in [6.45, 7) is 12.4. The maximum Gasteiger partial charge on any atom is 0.335 e. The molecule has 0 radical (unpaired) electrons. The lowest BCUT2D eigenvalue weighted by Gasteiger charge is -2.53. The molecule has 7 atom stereocenters. The zero-order chi connectivity index (χ0) is 30.0. The van der Waals surface area contributed by atoms with E-state index < -0.39 is 52.0 Å². The molecule has 2 saturated heterocycles. The molecule has 2 bridgehead atoms. The van der Waals surface area contributed by atoms with Crippen LogP contribution in [0, 0.1) is 22.2 Å². The molecule has 0 spiro atoms. The van der Waals surface area contributed by atoms with Crippen LogP contribution < -0.4 is 0 Å². The predicted molar refractivity (Wildman–Crippen MR) is 145 cm³/mol. The Hall–Kier alpha value is -2.78. The van der Waals surface area contributed by atoms with Crippen LogP contribution in [-0.4, -0.2) is 62.9 Å². The third-order valence-electron chi connectivity index (χ3n) is 10.6. The second-order valence-electron chi connectivity index (χ2n) is 13.3. The van der Waals surface area contributed by atoms with Gasteiger partial charge in [-0.25, -0.2) is 9.59 Å². The largest absolute Gasteiger partial charge is 0.478 e. The lowest BCUT2D eigenvalue weighted by molar-refractivity contribution is -0.159. The molecule has 9 heteroatoms. The monoisotopic (exact) mass is 558 g/mol. The molecule has 0 saturated carbocycles. The van der Waals surface area contributed by atoms with Gasteiger partial charge in [-0.1, -0.05) is 40.7 Å². The molecule has 4 aliphatic rings. The van der Waals surface area contributed by atoms with Crippen molar-refractivity contribution in [1.29, 1.82) is 0 Å². The number of allylic oxidation sites excluding steroid dienone is 1. The average molecular weight is 559 g/mol. The number of aliphatic hydroxyl groups is 1. The summed E-state index contributed by atoms with van der Waals surface area (Å²) in [5, 5.41) is 30.4. The van der Waals surface area contributed by atoms with Crippen LogP contribution in [0.1, 0.15) is 87.0 Å². The molecule has 3 N–H and O–H groups in total. The van der Waals surface area contributed by atoms with E-state index in [1.54, 1.807) is 0 Å². The maximum absolute atomic E-state index is 13.5. The van der Waals surface area contributed by atoms with Gasteiger partial charge in [-0.05, 0) is 61.2 Å². The minimum atomic E-state index is -1.11. The molecular formula is C31H42O9. The van der Waals surface area contributed by atoms with E-state index in [1.807, 2.05) is 40.7 Å². The van der Waals surface area contributed by atoms with E-state index >= 15 is 0 Å². The van der Waals surface area contributed by atoms with Crippen LogP contribution in [0.5, 0.6) is 0 Å². The van der Waals surface area contributed by atoms with Crippen LogP contribution in [0.2, 0.25) is 0 Å². The van der Waals surface area contributed by atoms with E-state index in [-0.39, 0.29) is 48.2 Å². The number of fused-ring (bicyclic) bond motifs is 3. The first-order valence-electron chi connectivity index (χ1n) is 14.1. The molecular weight excluding hydrogens is 516 g/mol. The number of aliphatic hydroxyl groups excluding tert-OH is 1. The van der Waals surface area contributed by atoms with Gasteiger partial charge >= 0.3 is 17.9 Å². The number of ketones is 1. The van der Waals surface area contributed by atoms with Gasteiger partial charge in [-0.2, -0.15) is 0 Å². The van der Waals surface area contributed by atoms with Gasteiger partial charge < -0.3 is 24.8 Å². The van der Waals surface area contributed by atoms with Gasteiger partial charge in [0.1, 0.15) is 11.7 Å². The van der Waals surface area contributed by atoms with E-state index in [9.17, 15) is 34.5 Å². The summed E-state index contributed by atoms with van der Waals surface area (Å²) in [4.78, 5) is 50.0. The lowest BCUT2D eigenvalue weighted by atomic mass is 9.52. The summed E-state index contributed by atoms with van der Waals surface area (Å²) in [5.41, 5.74) is -1.94. The number of hydrogen-bond donors (Lipinski definition) is 3. The minimum absolute atomic E-state index is 0.0107. The fourth-order valence-electron chi connectivity index (χ4n) is 7.94. The highest BCUT2D eigenvalue weighted by molar-refractivity contribution is 5.97. The molecule has 40 heavy (non-hydrogen) atoms. The first-order valence-corrected chi connectivity index (χ1v) is 14.1. The second kappa shape index (κ2) is 9.94. The Balaban J connectivity index is 1.75. The average Bonchev–Trinajstić information content (AvgIpc) is 3.44. The predicted octanol–water partition coefficient (Wildman–Crippen LogP) is 4.38. The van der Waals surface area contributed by atoms with Crippen LogP contribution in [-0.2, 0) is 28.7 Å². The number of carboxylic acids is 2. The van der Waals surface area contributed by atoms with Crippen molar-refractivity contribution in [2.45, 2.75) is 111 Å². The summed E-state index contributed by atoms with van der Waals surface area (Å²) in [7, 11) is 0. The number of esters is 1. The normalized spacial score (nSPS) is 36.2. The molecule has 2 heterocycles. The van der Waals surface area contributed by atoms with Crippen LogP contribution in [0.4, 0.5) is 0 Å². The highest BCUT2D eigenvalue weighted by Gasteiger charge is 2.65. The highest BCUT2D eigenvalue weighted by atomic mass is 16.5. The number of carboxylic acid groups (broad SMARTS) is 2. The van der Waals surface area contributed by atoms with Crippen molar-refractivity contribution in [3.63, 3.8) is 0 Å². The summed E-state index contributed by atoms with van der Waals surface area (Å²) in [6.07, 6.45) is 3.57. The fourth-order valence-corrected chi connectivity index (χ4v) is 7.94. The van der Waals surface area contributed by atoms with Crippen LogP contribution in [0.3, 0.4) is 0 Å². The third kappa shape index (κ3) is 4.45. The molecule has 220 valence electrons. The van der Waals surface area contributed by atoms with Gasteiger partial charge in [0.25, 0.3) is 0 Å². The quantitative estimate of drug-likeness (QED) is 0.277. The number of Topliss-reactive ketones (excluding diaryl/α,β-unsaturated/α-hetero) is 1. The summed E-state index contributed by atoms with van der Waals surface area (Å²) in [6, 6.07) is 0. The molecule has 0 aromatic heterocycles. The van der Waals surface area contributed by atoms with E-state index in [0.29, 0.717) is 24.0 Å². The molecule has 4 rings (SSSR count). The Kier molecular flexibility index (Phi) is 7.50. The van der Waals surface area contributed by atoms with Crippen LogP contribution in [0.25, 0.3) is 0 Å². The number of ether oxygens (including phenoxy) is 2. The van der Waals surface area contributed by atoms with Crippen LogP contribution >= 0.6 is 0 Å². The fraction of sp³-hybridized carbons (Fsp3) is 0.677. The maximum atomic E-state index is 13.5. The number of rotatable bonds is 9. The number of carbonyl (C=O) groups is 4. The zero-order valence-corrected chi connectivity index (χ0v) is 24.5. The van der Waals surface area contributed by atoms with Crippen molar-refractivity contribution in [2.24, 2.45) is 22.2 Å². The molecule has 2 aliphatic carbocycles. The Bertz CT molecular complexity index is 1240. The SMILES string of the molecule is CC(=O)O[C@@H]1CC(C[C@]23CCC(O2)C(C)(C)C3=O)=C(C(=O)O)C2=CC[C@](C)([C@H](C)C[C@H](O)/C=C(\C)C(=O)O)[C@]21C. The Morgan fingerprint density at radius 2 is 1.82 bits per heavy atom. The van der Waals surface area contributed by atoms with Crippen LogP contribution in [0.15, 0.2) is 34.4 Å². The standard InChI is InChI=1S/C31H42O9/c1-16(25(34)35)12-20(33)13-17(2)29(6)10-8-21-24(26(36)37)19(14-23(30(21,29)7)39-18(3)32)15-31-11-9-22(40-31)28(4,5)27(31)38/h8,12,17,20,22-23,33H,9-11,13-15H2,1-7H3,(H,34,35)(H,36,37)/b16-12+/t17-,20-,22?,23-,29-,30-,31+/m1/s1. The van der Waals surface area contributed by atoms with E-state index in [2.05, 4.69) is 0 Å². The smallest absolute Gasteiger partial charge is 0.335 e. The van der Waals surface area contributed by atoms with Gasteiger partial charge in [0.2, 0.25) is 0 Å². The first kappa shape index (κ1) is 30.2. The molecule has 2 aliphatic heterocycles. The van der Waals surface area contributed by atoms with E-state index in [4.69, 9.17) is 9.47 Å². The van der Waals surface area contributed by atoms with E-state index in [1.165, 1.54) is 19.9 Å². The molecule has 9 nitrogen and oxygen atoms in total. The molecule has 2 fully saturated rings. The lowest BCUT2D eigenvalue weighted by Crippen LogP contribution is -2.53. The Labute approximate surface area is 235 Å². The van der Waals surface area contributed by atoms with Gasteiger partial charge in [0, 0.05) is 30.8 Å². The third-order valence-corrected chi connectivity index (χ3v) is 10.6. The van der Waals surface area contributed by atoms with Gasteiger partial charge in [-0.3, -0.25) is 9.59 Å².